The van der Waals surface area contributed by atoms with E-state index in [0.29, 0.717) is 9.84 Å². The van der Waals surface area contributed by atoms with Gasteiger partial charge in [-0.05, 0) is 0 Å². The van der Waals surface area contributed by atoms with Crippen molar-refractivity contribution in [3.63, 3.8) is 0 Å². The molecule has 1 unspecified atom stereocenters. The van der Waals surface area contributed by atoms with Crippen molar-refractivity contribution in [2.75, 3.05) is 6.61 Å². The maximum atomic E-state index is 4.88. The van der Waals surface area contributed by atoms with Crippen LogP contribution in [0.1, 0.15) is 0 Å². The maximum absolute atomic E-state index is 4.88. The molecule has 0 saturated carbocycles. The van der Waals surface area contributed by atoms with Crippen LogP contribution in [0.15, 0.2) is 0 Å². The lowest BCUT2D eigenvalue weighted by molar-refractivity contribution is 0.423. The van der Waals surface area contributed by atoms with Gasteiger partial charge in [0.25, 0.3) is 0 Å². The fourth-order valence-electron chi connectivity index (χ4n) is 0.201. The molecule has 6 heavy (non-hydrogen) atoms. The smallest absolute Gasteiger partial charge is 0.103 e. The van der Waals surface area contributed by atoms with Crippen molar-refractivity contribution in [1.82, 2.24) is 0 Å². The molecule has 0 radical (unpaired) electrons. The molecule has 1 aliphatic rings. The van der Waals surface area contributed by atoms with E-state index in [4.69, 9.17) is 4.74 Å². The van der Waals surface area contributed by atoms with Gasteiger partial charge in [0.1, 0.15) is 6.10 Å². The molecule has 0 aliphatic carbocycles. The molecule has 1 rings (SSSR count). The van der Waals surface area contributed by atoms with E-state index in [2.05, 4.69) is 31.9 Å². The summed E-state index contributed by atoms with van der Waals surface area (Å²) >= 11 is 6.59. The summed E-state index contributed by atoms with van der Waals surface area (Å²) in [6, 6.07) is 0. The van der Waals surface area contributed by atoms with E-state index in [1.54, 1.807) is 0 Å². The van der Waals surface area contributed by atoms with Crippen LogP contribution in [0.4, 0.5) is 0 Å². The zero-order chi connectivity index (χ0) is 4.57. The second-order valence-corrected chi connectivity index (χ2v) is 4.41. The van der Waals surface area contributed by atoms with E-state index >= 15 is 0 Å². The molecule has 0 amide bonds. The highest BCUT2D eigenvalue weighted by Crippen LogP contribution is 2.24. The van der Waals surface area contributed by atoms with Gasteiger partial charge >= 0.3 is 0 Å². The lowest BCUT2D eigenvalue weighted by Gasteiger charge is -1.86. The number of rotatable bonds is 1. The van der Waals surface area contributed by atoms with Crippen LogP contribution in [0, 0.1) is 0 Å². The molecule has 0 bridgehead atoms. The molecule has 0 spiro atoms. The average Bonchev–Trinajstić information content (AvgIpc) is 2.06. The third-order valence-corrected chi connectivity index (χ3v) is 1.82. The molecule has 0 aromatic heterocycles. The van der Waals surface area contributed by atoms with Crippen molar-refractivity contribution in [3.8, 4) is 0 Å². The second-order valence-electron chi connectivity index (χ2n) is 1.21. The fraction of sp³-hybridized carbons (Fsp3) is 1.00. The molecule has 1 nitrogen and oxygen atoms in total. The first kappa shape index (κ1) is 5.06. The van der Waals surface area contributed by atoms with Crippen molar-refractivity contribution in [2.24, 2.45) is 0 Å². The number of epoxide rings is 1. The molecule has 1 atom stereocenters. The van der Waals surface area contributed by atoms with E-state index in [-0.39, 0.29) is 0 Å². The summed E-state index contributed by atoms with van der Waals surface area (Å²) in [5, 5.41) is 0. The summed E-state index contributed by atoms with van der Waals surface area (Å²) in [5.41, 5.74) is 0. The van der Waals surface area contributed by atoms with Gasteiger partial charge in [-0.3, -0.25) is 0 Å². The van der Waals surface area contributed by atoms with E-state index in [9.17, 15) is 0 Å². The zero-order valence-electron chi connectivity index (χ0n) is 3.03. The van der Waals surface area contributed by atoms with Gasteiger partial charge in [0.2, 0.25) is 0 Å². The molecule has 0 aromatic rings. The van der Waals surface area contributed by atoms with Crippen molar-refractivity contribution < 1.29 is 4.74 Å². The van der Waals surface area contributed by atoms with E-state index in [1.807, 2.05) is 0 Å². The molecule has 3 heteroatoms. The quantitative estimate of drug-likeness (QED) is 0.477. The van der Waals surface area contributed by atoms with E-state index in [0.717, 1.165) is 6.61 Å². The Hall–Kier alpha value is 0.920. The summed E-state index contributed by atoms with van der Waals surface area (Å²) in [7, 11) is 0. The molecular formula is C3H4Br2O. The lowest BCUT2D eigenvalue weighted by Crippen LogP contribution is -1.92. The van der Waals surface area contributed by atoms with E-state index < -0.39 is 0 Å². The number of hydrogen-bond donors (Lipinski definition) is 0. The minimum atomic E-state index is 0.366. The number of halogens is 2. The first-order chi connectivity index (χ1) is 2.80. The zero-order valence-corrected chi connectivity index (χ0v) is 6.20. The summed E-state index contributed by atoms with van der Waals surface area (Å²) in [6.45, 7) is 0.904. The Morgan fingerprint density at radius 3 is 2.17 bits per heavy atom. The van der Waals surface area contributed by atoms with Crippen LogP contribution in [-0.4, -0.2) is 16.4 Å². The number of hydrogen-bond acceptors (Lipinski definition) is 1. The summed E-state index contributed by atoms with van der Waals surface area (Å²) in [5.74, 6) is 0. The first-order valence-corrected chi connectivity index (χ1v) is 3.53. The van der Waals surface area contributed by atoms with Crippen LogP contribution in [0.25, 0.3) is 0 Å². The van der Waals surface area contributed by atoms with Crippen molar-refractivity contribution in [3.05, 3.63) is 0 Å². The van der Waals surface area contributed by atoms with E-state index in [1.165, 1.54) is 0 Å². The maximum Gasteiger partial charge on any atom is 0.103 e. The molecule has 1 saturated heterocycles. The summed E-state index contributed by atoms with van der Waals surface area (Å²) in [6.07, 6.45) is 0.435. The Bertz CT molecular complexity index is 50.8. The SMILES string of the molecule is BrC(Br)C1CO1. The molecule has 36 valence electrons. The Balaban J connectivity index is 2.13. The monoisotopic (exact) mass is 214 g/mol. The minimum absolute atomic E-state index is 0.366. The highest BCUT2D eigenvalue weighted by Gasteiger charge is 2.28. The third kappa shape index (κ3) is 1.21. The predicted molar refractivity (Wildman–Crippen MR) is 31.4 cm³/mol. The average molecular weight is 216 g/mol. The Morgan fingerprint density at radius 1 is 1.67 bits per heavy atom. The van der Waals surface area contributed by atoms with Gasteiger partial charge in [-0.1, -0.05) is 31.9 Å². The van der Waals surface area contributed by atoms with Gasteiger partial charge < -0.3 is 4.74 Å². The molecule has 1 aliphatic heterocycles. The minimum Gasteiger partial charge on any atom is -0.371 e. The first-order valence-electron chi connectivity index (χ1n) is 1.70. The van der Waals surface area contributed by atoms with Gasteiger partial charge in [0, 0.05) is 0 Å². The number of ether oxygens (including phenoxy) is 1. The van der Waals surface area contributed by atoms with Crippen LogP contribution in [-0.2, 0) is 4.74 Å². The topological polar surface area (TPSA) is 12.5 Å². The Morgan fingerprint density at radius 2 is 2.17 bits per heavy atom. The highest BCUT2D eigenvalue weighted by atomic mass is 79.9. The lowest BCUT2D eigenvalue weighted by atomic mass is 10.6. The van der Waals surface area contributed by atoms with Crippen LogP contribution in [0.5, 0.6) is 0 Å². The van der Waals surface area contributed by atoms with Crippen molar-refractivity contribution in [1.29, 1.82) is 0 Å². The fourth-order valence-corrected chi connectivity index (χ4v) is 0.811. The van der Waals surface area contributed by atoms with Crippen LogP contribution in [0.3, 0.4) is 0 Å². The van der Waals surface area contributed by atoms with Gasteiger partial charge in [-0.2, -0.15) is 0 Å². The molecule has 0 N–H and O–H groups in total. The molecular weight excluding hydrogens is 212 g/mol. The Kier molecular flexibility index (Phi) is 1.52. The summed E-state index contributed by atoms with van der Waals surface area (Å²) < 4.78 is 5.24. The second kappa shape index (κ2) is 1.80. The largest absolute Gasteiger partial charge is 0.371 e. The summed E-state index contributed by atoms with van der Waals surface area (Å²) in [4.78, 5) is 0. The Labute approximate surface area is 53.3 Å². The van der Waals surface area contributed by atoms with Gasteiger partial charge in [-0.15, -0.1) is 0 Å². The van der Waals surface area contributed by atoms with Crippen molar-refractivity contribution in [2.45, 2.75) is 9.84 Å². The van der Waals surface area contributed by atoms with Gasteiger partial charge in [0.15, 0.2) is 0 Å². The van der Waals surface area contributed by atoms with Gasteiger partial charge in [-0.25, -0.2) is 0 Å². The molecule has 1 fully saturated rings. The van der Waals surface area contributed by atoms with Crippen LogP contribution < -0.4 is 0 Å². The molecule has 1 heterocycles. The van der Waals surface area contributed by atoms with Crippen molar-refractivity contribution >= 4 is 31.9 Å². The standard InChI is InChI=1S/C3H4Br2O/c4-3(5)2-1-6-2/h2-3H,1H2. The predicted octanol–water partition coefficient (Wildman–Crippen LogP) is 1.50. The van der Waals surface area contributed by atoms with Crippen LogP contribution in [0.2, 0.25) is 0 Å². The molecule has 0 aromatic carbocycles. The highest BCUT2D eigenvalue weighted by molar-refractivity contribution is 9.24. The van der Waals surface area contributed by atoms with Gasteiger partial charge in [0.05, 0.1) is 10.3 Å². The van der Waals surface area contributed by atoms with Crippen LogP contribution >= 0.6 is 31.9 Å². The normalized spacial score (nSPS) is 31.5. The third-order valence-electron chi connectivity index (χ3n) is 0.640. The number of alkyl halides is 2.